The first kappa shape index (κ1) is 18.0. The lowest BCUT2D eigenvalue weighted by Gasteiger charge is -2.36. The van der Waals surface area contributed by atoms with Gasteiger partial charge in [0.2, 0.25) is 5.91 Å². The molecule has 0 aliphatic carbocycles. The topological polar surface area (TPSA) is 32.8 Å². The van der Waals surface area contributed by atoms with Gasteiger partial charge in [-0.2, -0.15) is 0 Å². The smallest absolute Gasteiger partial charge is 0.246 e. The van der Waals surface area contributed by atoms with Crippen LogP contribution >= 0.6 is 0 Å². The van der Waals surface area contributed by atoms with Crippen LogP contribution in [0.1, 0.15) is 12.5 Å². The van der Waals surface area contributed by atoms with Crippen LogP contribution in [0.3, 0.4) is 0 Å². The van der Waals surface area contributed by atoms with Gasteiger partial charge in [0, 0.05) is 37.8 Å². The van der Waals surface area contributed by atoms with Gasteiger partial charge in [0.1, 0.15) is 11.6 Å². The van der Waals surface area contributed by atoms with Crippen LogP contribution in [-0.2, 0) is 4.79 Å². The van der Waals surface area contributed by atoms with Gasteiger partial charge in [-0.1, -0.05) is 30.3 Å². The van der Waals surface area contributed by atoms with Crippen LogP contribution in [0.5, 0.6) is 5.75 Å². The Balaban J connectivity index is 1.60. The molecule has 0 aromatic heterocycles. The molecule has 0 atom stereocenters. The Kier molecular flexibility index (Phi) is 5.89. The molecular formula is C21H23FN2O2. The summed E-state index contributed by atoms with van der Waals surface area (Å²) in [7, 11) is 0. The van der Waals surface area contributed by atoms with Gasteiger partial charge in [-0.05, 0) is 31.2 Å². The normalized spacial score (nSPS) is 14.7. The third-order valence-electron chi connectivity index (χ3n) is 4.41. The number of carbonyl (C=O) groups excluding carboxylic acids is 1. The minimum Gasteiger partial charge on any atom is -0.492 e. The Morgan fingerprint density at radius 1 is 1.08 bits per heavy atom. The first-order valence-electron chi connectivity index (χ1n) is 8.87. The summed E-state index contributed by atoms with van der Waals surface area (Å²) in [4.78, 5) is 16.4. The molecule has 1 fully saturated rings. The number of ether oxygens (including phenoxy) is 1. The maximum Gasteiger partial charge on any atom is 0.246 e. The molecular weight excluding hydrogens is 331 g/mol. The van der Waals surface area contributed by atoms with Crippen LogP contribution < -0.4 is 9.64 Å². The molecule has 1 heterocycles. The van der Waals surface area contributed by atoms with Crippen molar-refractivity contribution in [2.24, 2.45) is 0 Å². The number of hydrogen-bond donors (Lipinski definition) is 0. The highest BCUT2D eigenvalue weighted by Crippen LogP contribution is 2.28. The summed E-state index contributed by atoms with van der Waals surface area (Å²) in [5.41, 5.74) is 1.48. The molecule has 0 unspecified atom stereocenters. The van der Waals surface area contributed by atoms with Crippen LogP contribution in [0.2, 0.25) is 0 Å². The highest BCUT2D eigenvalue weighted by atomic mass is 19.1. The van der Waals surface area contributed by atoms with E-state index in [0.29, 0.717) is 25.3 Å². The molecule has 136 valence electrons. The summed E-state index contributed by atoms with van der Waals surface area (Å²) >= 11 is 0. The number of halogens is 1. The zero-order chi connectivity index (χ0) is 18.4. The van der Waals surface area contributed by atoms with E-state index in [4.69, 9.17) is 4.74 Å². The monoisotopic (exact) mass is 354 g/mol. The van der Waals surface area contributed by atoms with Crippen molar-refractivity contribution in [1.82, 2.24) is 4.90 Å². The summed E-state index contributed by atoms with van der Waals surface area (Å²) in [5.74, 6) is 0.453. The Morgan fingerprint density at radius 2 is 1.77 bits per heavy atom. The number of amides is 1. The molecule has 0 saturated carbocycles. The van der Waals surface area contributed by atoms with Crippen molar-refractivity contribution in [3.05, 3.63) is 66.0 Å². The van der Waals surface area contributed by atoms with Crippen molar-refractivity contribution in [2.75, 3.05) is 37.7 Å². The number of hydrogen-bond acceptors (Lipinski definition) is 3. The summed E-state index contributed by atoms with van der Waals surface area (Å²) in [5, 5.41) is 0. The van der Waals surface area contributed by atoms with E-state index in [9.17, 15) is 9.18 Å². The van der Waals surface area contributed by atoms with Crippen LogP contribution in [0.25, 0.3) is 6.08 Å². The van der Waals surface area contributed by atoms with E-state index < -0.39 is 0 Å². The number of anilines is 1. The zero-order valence-corrected chi connectivity index (χ0v) is 14.9. The molecule has 2 aromatic carbocycles. The lowest BCUT2D eigenvalue weighted by Crippen LogP contribution is -2.48. The molecule has 26 heavy (non-hydrogen) atoms. The standard InChI is InChI=1S/C21H23FN2O2/c1-2-26-20-10-6-5-9-19(20)23-13-15-24(16-14-23)21(25)12-11-17-7-3-4-8-18(17)22/h3-12H,2,13-16H2,1H3/b12-11+. The highest BCUT2D eigenvalue weighted by Gasteiger charge is 2.21. The summed E-state index contributed by atoms with van der Waals surface area (Å²) in [6, 6.07) is 14.4. The van der Waals surface area contributed by atoms with Crippen molar-refractivity contribution < 1.29 is 13.9 Å². The Labute approximate surface area is 153 Å². The van der Waals surface area contributed by atoms with Crippen molar-refractivity contribution in [3.63, 3.8) is 0 Å². The van der Waals surface area contributed by atoms with Gasteiger partial charge in [0.15, 0.2) is 0 Å². The molecule has 0 radical (unpaired) electrons. The Bertz CT molecular complexity index is 783. The molecule has 1 saturated heterocycles. The fourth-order valence-electron chi connectivity index (χ4n) is 3.04. The second-order valence-electron chi connectivity index (χ2n) is 6.07. The number of carbonyl (C=O) groups is 1. The quantitative estimate of drug-likeness (QED) is 0.770. The first-order valence-corrected chi connectivity index (χ1v) is 8.87. The van der Waals surface area contributed by atoms with Gasteiger partial charge in [-0.25, -0.2) is 4.39 Å². The minimum atomic E-state index is -0.325. The van der Waals surface area contributed by atoms with Gasteiger partial charge < -0.3 is 14.5 Å². The second-order valence-corrected chi connectivity index (χ2v) is 6.07. The van der Waals surface area contributed by atoms with E-state index in [1.807, 2.05) is 31.2 Å². The average Bonchev–Trinajstić information content (AvgIpc) is 2.68. The zero-order valence-electron chi connectivity index (χ0n) is 14.9. The van der Waals surface area contributed by atoms with Crippen molar-refractivity contribution in [2.45, 2.75) is 6.92 Å². The molecule has 1 amide bonds. The van der Waals surface area contributed by atoms with Gasteiger partial charge >= 0.3 is 0 Å². The molecule has 4 nitrogen and oxygen atoms in total. The van der Waals surface area contributed by atoms with E-state index in [1.165, 1.54) is 18.2 Å². The van der Waals surface area contributed by atoms with E-state index in [-0.39, 0.29) is 11.7 Å². The van der Waals surface area contributed by atoms with Crippen LogP contribution in [0.15, 0.2) is 54.6 Å². The van der Waals surface area contributed by atoms with Crippen molar-refractivity contribution in [3.8, 4) is 5.75 Å². The number of piperazine rings is 1. The predicted molar refractivity (Wildman–Crippen MR) is 102 cm³/mol. The SMILES string of the molecule is CCOc1ccccc1N1CCN(C(=O)/C=C/c2ccccc2F)CC1. The van der Waals surface area contributed by atoms with Gasteiger partial charge in [0.25, 0.3) is 0 Å². The molecule has 0 N–H and O–H groups in total. The number of para-hydroxylation sites is 2. The van der Waals surface area contributed by atoms with Gasteiger partial charge in [0.05, 0.1) is 12.3 Å². The summed E-state index contributed by atoms with van der Waals surface area (Å²) < 4.78 is 19.3. The third kappa shape index (κ3) is 4.23. The minimum absolute atomic E-state index is 0.0917. The lowest BCUT2D eigenvalue weighted by atomic mass is 10.2. The summed E-state index contributed by atoms with van der Waals surface area (Å²) in [6.45, 7) is 5.32. The van der Waals surface area contributed by atoms with Crippen LogP contribution in [0.4, 0.5) is 10.1 Å². The molecule has 1 aliphatic heterocycles. The largest absolute Gasteiger partial charge is 0.492 e. The third-order valence-corrected chi connectivity index (χ3v) is 4.41. The van der Waals surface area contributed by atoms with Crippen LogP contribution in [0, 0.1) is 5.82 Å². The van der Waals surface area contributed by atoms with Gasteiger partial charge in [-0.15, -0.1) is 0 Å². The molecule has 0 bridgehead atoms. The fourth-order valence-corrected chi connectivity index (χ4v) is 3.04. The maximum absolute atomic E-state index is 13.6. The van der Waals surface area contributed by atoms with E-state index in [0.717, 1.165) is 24.5 Å². The molecule has 5 heteroatoms. The predicted octanol–water partition coefficient (Wildman–Crippen LogP) is 3.59. The molecule has 2 aromatic rings. The molecule has 3 rings (SSSR count). The molecule has 1 aliphatic rings. The van der Waals surface area contributed by atoms with E-state index in [1.54, 1.807) is 23.1 Å². The maximum atomic E-state index is 13.6. The van der Waals surface area contributed by atoms with E-state index in [2.05, 4.69) is 4.90 Å². The Hall–Kier alpha value is -2.82. The lowest BCUT2D eigenvalue weighted by molar-refractivity contribution is -0.126. The average molecular weight is 354 g/mol. The van der Waals surface area contributed by atoms with Crippen LogP contribution in [-0.4, -0.2) is 43.6 Å². The fraction of sp³-hybridized carbons (Fsp3) is 0.286. The van der Waals surface area contributed by atoms with Crippen molar-refractivity contribution >= 4 is 17.7 Å². The highest BCUT2D eigenvalue weighted by molar-refractivity contribution is 5.92. The van der Waals surface area contributed by atoms with E-state index >= 15 is 0 Å². The molecule has 0 spiro atoms. The second kappa shape index (κ2) is 8.52. The Morgan fingerprint density at radius 3 is 2.50 bits per heavy atom. The number of nitrogens with zero attached hydrogens (tertiary/aromatic N) is 2. The number of rotatable bonds is 5. The van der Waals surface area contributed by atoms with Crippen molar-refractivity contribution in [1.29, 1.82) is 0 Å². The number of benzene rings is 2. The van der Waals surface area contributed by atoms with Gasteiger partial charge in [-0.3, -0.25) is 4.79 Å². The summed E-state index contributed by atoms with van der Waals surface area (Å²) in [6.07, 6.45) is 2.98. The first-order chi connectivity index (χ1) is 12.7.